The predicted molar refractivity (Wildman–Crippen MR) is 72.4 cm³/mol. The lowest BCUT2D eigenvalue weighted by atomic mass is 10.1. The molecule has 2 N–H and O–H groups in total. The first-order valence-corrected chi connectivity index (χ1v) is 5.99. The molecule has 0 aliphatic rings. The molecule has 2 aromatic rings. The molecule has 0 radical (unpaired) electrons. The number of aryl methyl sites for hydroxylation is 1. The Morgan fingerprint density at radius 1 is 1.10 bits per heavy atom. The minimum Gasteiger partial charge on any atom is -0.478 e. The van der Waals surface area contributed by atoms with Crippen molar-refractivity contribution in [3.05, 3.63) is 64.7 Å². The van der Waals surface area contributed by atoms with Crippen LogP contribution in [0, 0.1) is 18.6 Å². The van der Waals surface area contributed by atoms with Crippen LogP contribution in [0.2, 0.25) is 0 Å². The van der Waals surface area contributed by atoms with Gasteiger partial charge in [-0.1, -0.05) is 6.07 Å². The van der Waals surface area contributed by atoms with Crippen LogP contribution in [-0.4, -0.2) is 17.0 Å². The molecule has 21 heavy (non-hydrogen) atoms. The summed E-state index contributed by atoms with van der Waals surface area (Å²) in [6.07, 6.45) is 0. The first-order valence-electron chi connectivity index (χ1n) is 5.99. The molecule has 6 heteroatoms. The first kappa shape index (κ1) is 14.6. The van der Waals surface area contributed by atoms with Crippen LogP contribution in [-0.2, 0) is 0 Å². The maximum absolute atomic E-state index is 13.5. The number of carboxylic acid groups (broad SMARTS) is 1. The van der Waals surface area contributed by atoms with Gasteiger partial charge in [0.05, 0.1) is 11.1 Å². The molecule has 0 saturated heterocycles. The summed E-state index contributed by atoms with van der Waals surface area (Å²) in [5.41, 5.74) is 0.361. The van der Waals surface area contributed by atoms with Crippen molar-refractivity contribution in [2.24, 2.45) is 0 Å². The minimum atomic E-state index is -1.15. The SMILES string of the molecule is Cc1ccc(C(=O)O)cc1NC(=O)c1cc(F)ccc1F. The maximum Gasteiger partial charge on any atom is 0.335 e. The molecule has 108 valence electrons. The second-order valence-corrected chi connectivity index (χ2v) is 4.41. The number of anilines is 1. The molecule has 0 saturated carbocycles. The number of hydrogen-bond donors (Lipinski definition) is 2. The summed E-state index contributed by atoms with van der Waals surface area (Å²) in [5.74, 6) is -3.60. The molecule has 0 aliphatic heterocycles. The molecule has 0 spiro atoms. The number of aromatic carboxylic acids is 1. The molecule has 0 heterocycles. The summed E-state index contributed by atoms with van der Waals surface area (Å²) in [6, 6.07) is 6.69. The van der Waals surface area contributed by atoms with E-state index in [0.29, 0.717) is 5.56 Å². The fourth-order valence-corrected chi connectivity index (χ4v) is 1.75. The number of hydrogen-bond acceptors (Lipinski definition) is 2. The van der Waals surface area contributed by atoms with E-state index in [4.69, 9.17) is 5.11 Å². The van der Waals surface area contributed by atoms with Gasteiger partial charge in [0, 0.05) is 5.69 Å². The van der Waals surface area contributed by atoms with Gasteiger partial charge in [-0.15, -0.1) is 0 Å². The highest BCUT2D eigenvalue weighted by atomic mass is 19.1. The largest absolute Gasteiger partial charge is 0.478 e. The molecule has 0 unspecified atom stereocenters. The average molecular weight is 291 g/mol. The molecule has 2 rings (SSSR count). The van der Waals surface area contributed by atoms with E-state index in [1.807, 2.05) is 0 Å². The molecule has 0 aliphatic carbocycles. The van der Waals surface area contributed by atoms with Gasteiger partial charge >= 0.3 is 5.97 Å². The number of nitrogens with one attached hydrogen (secondary N) is 1. The number of carbonyl (C=O) groups excluding carboxylic acids is 1. The van der Waals surface area contributed by atoms with Gasteiger partial charge in [0.2, 0.25) is 0 Å². The lowest BCUT2D eigenvalue weighted by Crippen LogP contribution is -2.15. The van der Waals surface area contributed by atoms with Crippen molar-refractivity contribution in [3.63, 3.8) is 0 Å². The Balaban J connectivity index is 2.33. The van der Waals surface area contributed by atoms with E-state index in [1.54, 1.807) is 6.92 Å². The van der Waals surface area contributed by atoms with Gasteiger partial charge < -0.3 is 10.4 Å². The van der Waals surface area contributed by atoms with Gasteiger partial charge in [-0.05, 0) is 42.8 Å². The van der Waals surface area contributed by atoms with Crippen molar-refractivity contribution in [1.29, 1.82) is 0 Å². The van der Waals surface area contributed by atoms with E-state index < -0.39 is 29.1 Å². The second kappa shape index (κ2) is 5.70. The Hall–Kier alpha value is -2.76. The molecule has 0 aromatic heterocycles. The topological polar surface area (TPSA) is 66.4 Å². The quantitative estimate of drug-likeness (QED) is 0.912. The van der Waals surface area contributed by atoms with E-state index in [-0.39, 0.29) is 11.3 Å². The van der Waals surface area contributed by atoms with Crippen LogP contribution < -0.4 is 5.32 Å². The van der Waals surface area contributed by atoms with Crippen LogP contribution >= 0.6 is 0 Å². The van der Waals surface area contributed by atoms with Gasteiger partial charge in [0.15, 0.2) is 0 Å². The summed E-state index contributed by atoms with van der Waals surface area (Å²) in [4.78, 5) is 22.9. The average Bonchev–Trinajstić information content (AvgIpc) is 2.43. The van der Waals surface area contributed by atoms with Crippen LogP contribution in [0.1, 0.15) is 26.3 Å². The van der Waals surface area contributed by atoms with Crippen molar-refractivity contribution in [2.45, 2.75) is 6.92 Å². The van der Waals surface area contributed by atoms with Gasteiger partial charge in [0.1, 0.15) is 11.6 Å². The van der Waals surface area contributed by atoms with Crippen molar-refractivity contribution in [1.82, 2.24) is 0 Å². The summed E-state index contributed by atoms with van der Waals surface area (Å²) >= 11 is 0. The normalized spacial score (nSPS) is 10.2. The predicted octanol–water partition coefficient (Wildman–Crippen LogP) is 3.22. The second-order valence-electron chi connectivity index (χ2n) is 4.41. The van der Waals surface area contributed by atoms with Gasteiger partial charge in [-0.3, -0.25) is 4.79 Å². The third-order valence-corrected chi connectivity index (χ3v) is 2.91. The summed E-state index contributed by atoms with van der Waals surface area (Å²) in [6.45, 7) is 1.66. The summed E-state index contributed by atoms with van der Waals surface area (Å²) in [7, 11) is 0. The van der Waals surface area contributed by atoms with Crippen LogP contribution in [0.15, 0.2) is 36.4 Å². The zero-order valence-corrected chi connectivity index (χ0v) is 11.0. The van der Waals surface area contributed by atoms with E-state index in [9.17, 15) is 18.4 Å². The number of halogens is 2. The Kier molecular flexibility index (Phi) is 3.98. The third-order valence-electron chi connectivity index (χ3n) is 2.91. The lowest BCUT2D eigenvalue weighted by molar-refractivity contribution is 0.0696. The summed E-state index contributed by atoms with van der Waals surface area (Å²) < 4.78 is 26.6. The summed E-state index contributed by atoms with van der Waals surface area (Å²) in [5, 5.41) is 11.3. The Labute approximate surface area is 119 Å². The number of carbonyl (C=O) groups is 2. The molecule has 4 nitrogen and oxygen atoms in total. The minimum absolute atomic E-state index is 0.0179. The van der Waals surface area contributed by atoms with E-state index in [0.717, 1.165) is 18.2 Å². The van der Waals surface area contributed by atoms with Crippen LogP contribution in [0.3, 0.4) is 0 Å². The van der Waals surface area contributed by atoms with Crippen molar-refractivity contribution >= 4 is 17.6 Å². The third kappa shape index (κ3) is 3.22. The molecule has 1 amide bonds. The first-order chi connectivity index (χ1) is 9.88. The maximum atomic E-state index is 13.5. The number of rotatable bonds is 3. The zero-order chi connectivity index (χ0) is 15.6. The molecular weight excluding hydrogens is 280 g/mol. The number of amides is 1. The fraction of sp³-hybridized carbons (Fsp3) is 0.0667. The van der Waals surface area contributed by atoms with E-state index >= 15 is 0 Å². The highest BCUT2D eigenvalue weighted by Crippen LogP contribution is 2.19. The van der Waals surface area contributed by atoms with E-state index in [1.165, 1.54) is 18.2 Å². The standard InChI is InChI=1S/C15H11F2NO3/c1-8-2-3-9(15(20)21)6-13(8)18-14(19)11-7-10(16)4-5-12(11)17/h2-7H,1H3,(H,18,19)(H,20,21). The highest BCUT2D eigenvalue weighted by Gasteiger charge is 2.15. The van der Waals surface area contributed by atoms with Crippen molar-refractivity contribution < 1.29 is 23.5 Å². The number of carboxylic acids is 1. The highest BCUT2D eigenvalue weighted by molar-refractivity contribution is 6.05. The van der Waals surface area contributed by atoms with Crippen molar-refractivity contribution in [2.75, 3.05) is 5.32 Å². The van der Waals surface area contributed by atoms with Gasteiger partial charge in [0.25, 0.3) is 5.91 Å². The van der Waals surface area contributed by atoms with Crippen LogP contribution in [0.25, 0.3) is 0 Å². The Bertz CT molecular complexity index is 729. The lowest BCUT2D eigenvalue weighted by Gasteiger charge is -2.10. The monoisotopic (exact) mass is 291 g/mol. The molecule has 0 fully saturated rings. The molecule has 2 aromatic carbocycles. The van der Waals surface area contributed by atoms with Crippen LogP contribution in [0.5, 0.6) is 0 Å². The van der Waals surface area contributed by atoms with Gasteiger partial charge in [-0.2, -0.15) is 0 Å². The molecule has 0 bridgehead atoms. The zero-order valence-electron chi connectivity index (χ0n) is 11.0. The Morgan fingerprint density at radius 3 is 2.48 bits per heavy atom. The fourth-order valence-electron chi connectivity index (χ4n) is 1.75. The molecular formula is C15H11F2NO3. The smallest absolute Gasteiger partial charge is 0.335 e. The Morgan fingerprint density at radius 2 is 1.81 bits per heavy atom. The van der Waals surface area contributed by atoms with Gasteiger partial charge in [-0.25, -0.2) is 13.6 Å². The number of benzene rings is 2. The van der Waals surface area contributed by atoms with Crippen molar-refractivity contribution in [3.8, 4) is 0 Å². The van der Waals surface area contributed by atoms with E-state index in [2.05, 4.69) is 5.32 Å². The molecule has 0 atom stereocenters. The van der Waals surface area contributed by atoms with Crippen LogP contribution in [0.4, 0.5) is 14.5 Å².